The lowest BCUT2D eigenvalue weighted by molar-refractivity contribution is 0.484. The van der Waals surface area contributed by atoms with Gasteiger partial charge in [0.25, 0.3) is 10.0 Å². The van der Waals surface area contributed by atoms with Gasteiger partial charge in [0.1, 0.15) is 16.5 Å². The normalized spacial score (nSPS) is 16.5. The zero-order valence-corrected chi connectivity index (χ0v) is 19.2. The van der Waals surface area contributed by atoms with Crippen LogP contribution in [0.2, 0.25) is 0 Å². The Morgan fingerprint density at radius 2 is 2.00 bits per heavy atom. The molecule has 8 nitrogen and oxygen atoms in total. The van der Waals surface area contributed by atoms with Gasteiger partial charge in [-0.3, -0.25) is 13.4 Å². The number of hydrogen-bond acceptors (Lipinski definition) is 8. The zero-order chi connectivity index (χ0) is 22.7. The van der Waals surface area contributed by atoms with Crippen molar-refractivity contribution >= 4 is 48.7 Å². The molecule has 2 aromatic heterocycles. The molecule has 0 fully saturated rings. The molecule has 0 bridgehead atoms. The molecule has 0 unspecified atom stereocenters. The Bertz CT molecular complexity index is 1520. The minimum absolute atomic E-state index is 0.0266. The molecule has 0 atom stereocenters. The van der Waals surface area contributed by atoms with Crippen LogP contribution >= 0.6 is 21.9 Å². The van der Waals surface area contributed by atoms with E-state index >= 15 is 0 Å². The number of anilines is 1. The number of aromatic nitrogens is 1. The number of sulfonamides is 1. The van der Waals surface area contributed by atoms with Crippen LogP contribution in [0, 0.1) is 18.3 Å². The maximum Gasteiger partial charge on any atom is 0.264 e. The molecule has 2 N–H and O–H groups in total. The number of oxazole rings is 1. The van der Waals surface area contributed by atoms with Crippen molar-refractivity contribution in [2.75, 3.05) is 16.6 Å². The molecule has 3 heterocycles. The number of aryl methyl sites for hydroxylation is 1. The van der Waals surface area contributed by atoms with Gasteiger partial charge < -0.3 is 4.42 Å². The number of benzene rings is 2. The topological polar surface area (TPSA) is 128 Å². The lowest BCUT2D eigenvalue weighted by Crippen LogP contribution is -2.38. The Kier molecular flexibility index (Phi) is 4.81. The maximum absolute atomic E-state index is 13.6. The molecule has 5 rings (SSSR count). The summed E-state index contributed by atoms with van der Waals surface area (Å²) in [5.74, 6) is 0.337. The summed E-state index contributed by atoms with van der Waals surface area (Å²) in [5, 5.41) is 9.11. The molecule has 164 valence electrons. The van der Waals surface area contributed by atoms with Crippen LogP contribution in [0.25, 0.3) is 21.5 Å². The van der Waals surface area contributed by atoms with Gasteiger partial charge in [-0.15, -0.1) is 11.3 Å². The van der Waals surface area contributed by atoms with Crippen LogP contribution in [0.5, 0.6) is 0 Å². The third-order valence-corrected chi connectivity index (χ3v) is 9.86. The van der Waals surface area contributed by atoms with E-state index in [0.29, 0.717) is 27.4 Å². The summed E-state index contributed by atoms with van der Waals surface area (Å²) in [6.45, 7) is 1.60. The van der Waals surface area contributed by atoms with Crippen molar-refractivity contribution in [2.24, 2.45) is 0 Å². The molecule has 4 aromatic rings. The van der Waals surface area contributed by atoms with Crippen molar-refractivity contribution in [1.82, 2.24) is 4.98 Å². The highest BCUT2D eigenvalue weighted by atomic mass is 32.3. The molecule has 0 radical (unpaired) electrons. The fourth-order valence-corrected chi connectivity index (χ4v) is 7.61. The average Bonchev–Trinajstić information content (AvgIpc) is 3.38. The van der Waals surface area contributed by atoms with Crippen molar-refractivity contribution in [2.45, 2.75) is 16.7 Å². The van der Waals surface area contributed by atoms with Gasteiger partial charge in [0, 0.05) is 17.9 Å². The number of rotatable bonds is 3. The Balaban J connectivity index is 1.64. The number of nitrogens with zero attached hydrogens (tertiary/aromatic N) is 3. The van der Waals surface area contributed by atoms with Crippen LogP contribution in [0.3, 0.4) is 0 Å². The van der Waals surface area contributed by atoms with Gasteiger partial charge in [-0.1, -0.05) is 6.07 Å². The van der Waals surface area contributed by atoms with Gasteiger partial charge in [-0.2, -0.15) is 15.9 Å². The molecule has 0 saturated heterocycles. The third kappa shape index (κ3) is 3.37. The van der Waals surface area contributed by atoms with Gasteiger partial charge in [0.15, 0.2) is 11.5 Å². The van der Waals surface area contributed by atoms with Crippen LogP contribution in [0.15, 0.2) is 62.7 Å². The summed E-state index contributed by atoms with van der Waals surface area (Å²) in [6.07, 6.45) is 0. The molecule has 11 heteroatoms. The smallest absolute Gasteiger partial charge is 0.264 e. The standard InChI is InChI=1S/C21H17N3O5S3/c1-13-23-17-5-4-16(11-19(17)29-13)32(27,28)24-8-9-31(25,26)21-7-2-14(10-18(21)24)20-6-3-15(12-22)30-20/h2-7,10-11,25-26H,8-9H2,1H3. The van der Waals surface area contributed by atoms with Gasteiger partial charge >= 0.3 is 0 Å². The number of fused-ring (bicyclic) bond motifs is 2. The van der Waals surface area contributed by atoms with Crippen LogP contribution in [-0.2, 0) is 10.0 Å². The van der Waals surface area contributed by atoms with Gasteiger partial charge in [0.2, 0.25) is 0 Å². The Morgan fingerprint density at radius 1 is 1.19 bits per heavy atom. The highest BCUT2D eigenvalue weighted by Crippen LogP contribution is 2.56. The molecule has 1 aliphatic heterocycles. The Morgan fingerprint density at radius 3 is 2.75 bits per heavy atom. The van der Waals surface area contributed by atoms with E-state index in [-0.39, 0.29) is 27.8 Å². The second kappa shape index (κ2) is 7.33. The van der Waals surface area contributed by atoms with E-state index in [1.165, 1.54) is 27.8 Å². The molecule has 2 aromatic carbocycles. The predicted octanol–water partition coefficient (Wildman–Crippen LogP) is 5.05. The van der Waals surface area contributed by atoms with Crippen molar-refractivity contribution in [3.05, 3.63) is 59.3 Å². The van der Waals surface area contributed by atoms with Crippen molar-refractivity contribution in [3.63, 3.8) is 0 Å². The zero-order valence-electron chi connectivity index (χ0n) is 16.7. The first-order valence-corrected chi connectivity index (χ1v) is 13.5. The summed E-state index contributed by atoms with van der Waals surface area (Å²) in [5.41, 5.74) is 1.83. The van der Waals surface area contributed by atoms with E-state index in [9.17, 15) is 17.5 Å². The number of thiophene rings is 1. The predicted molar refractivity (Wildman–Crippen MR) is 124 cm³/mol. The van der Waals surface area contributed by atoms with Gasteiger partial charge in [-0.25, -0.2) is 13.4 Å². The van der Waals surface area contributed by atoms with E-state index in [1.807, 2.05) is 0 Å². The maximum atomic E-state index is 13.6. The first-order chi connectivity index (χ1) is 15.2. The molecule has 0 amide bonds. The second-order valence-electron chi connectivity index (χ2n) is 7.27. The third-order valence-electron chi connectivity index (χ3n) is 5.21. The first-order valence-electron chi connectivity index (χ1n) is 9.49. The second-order valence-corrected chi connectivity index (χ2v) is 12.4. The van der Waals surface area contributed by atoms with Crippen LogP contribution in [0.1, 0.15) is 10.8 Å². The van der Waals surface area contributed by atoms with E-state index in [2.05, 4.69) is 11.1 Å². The van der Waals surface area contributed by atoms with Gasteiger partial charge in [-0.05, 0) is 42.0 Å². The molecule has 0 aliphatic carbocycles. The quantitative estimate of drug-likeness (QED) is 0.414. The lowest BCUT2D eigenvalue weighted by Gasteiger charge is -2.42. The first kappa shape index (κ1) is 21.0. The highest BCUT2D eigenvalue weighted by Gasteiger charge is 2.36. The minimum atomic E-state index is -4.02. The molecule has 32 heavy (non-hydrogen) atoms. The summed E-state index contributed by atoms with van der Waals surface area (Å²) >= 11 is 1.28. The monoisotopic (exact) mass is 487 g/mol. The summed E-state index contributed by atoms with van der Waals surface area (Å²) in [4.78, 5) is 5.72. The highest BCUT2D eigenvalue weighted by molar-refractivity contribution is 8.24. The SMILES string of the molecule is Cc1nc2ccc(S(=O)(=O)N3CCS(O)(O)c4ccc(-c5ccc(C#N)s5)cc43)cc2o1. The summed E-state index contributed by atoms with van der Waals surface area (Å²) < 4.78 is 55.0. The Hall–Kier alpha value is -2.88. The van der Waals surface area contributed by atoms with Crippen LogP contribution in [0.4, 0.5) is 5.69 Å². The largest absolute Gasteiger partial charge is 0.441 e. The lowest BCUT2D eigenvalue weighted by atomic mass is 10.1. The van der Waals surface area contributed by atoms with Gasteiger partial charge in [0.05, 0.1) is 27.8 Å². The molecular weight excluding hydrogens is 470 g/mol. The van der Waals surface area contributed by atoms with Crippen molar-refractivity contribution < 1.29 is 21.9 Å². The van der Waals surface area contributed by atoms with Crippen LogP contribution < -0.4 is 4.31 Å². The molecule has 1 aliphatic rings. The van der Waals surface area contributed by atoms with E-state index < -0.39 is 20.6 Å². The van der Waals surface area contributed by atoms with E-state index in [1.54, 1.807) is 43.3 Å². The summed E-state index contributed by atoms with van der Waals surface area (Å²) in [7, 11) is -7.15. The van der Waals surface area contributed by atoms with Crippen molar-refractivity contribution in [1.29, 1.82) is 5.26 Å². The average molecular weight is 488 g/mol. The molecule has 0 spiro atoms. The van der Waals surface area contributed by atoms with Crippen LogP contribution in [-0.4, -0.2) is 34.8 Å². The fraction of sp³-hybridized carbons (Fsp3) is 0.143. The van der Waals surface area contributed by atoms with E-state index in [4.69, 9.17) is 9.68 Å². The molecule has 0 saturated carbocycles. The number of nitriles is 1. The minimum Gasteiger partial charge on any atom is -0.441 e. The van der Waals surface area contributed by atoms with E-state index in [0.717, 1.165) is 4.88 Å². The summed E-state index contributed by atoms with van der Waals surface area (Å²) in [6, 6.07) is 14.9. The number of hydrogen-bond donors (Lipinski definition) is 2. The Labute approximate surface area is 189 Å². The fourth-order valence-electron chi connectivity index (χ4n) is 3.69. The molecular formula is C21H17N3O5S3. The van der Waals surface area contributed by atoms with Crippen molar-refractivity contribution in [3.8, 4) is 16.5 Å².